The molecule has 0 bridgehead atoms. The number of benzene rings is 1. The summed E-state index contributed by atoms with van der Waals surface area (Å²) in [5.74, 6) is 1.59. The monoisotopic (exact) mass is 292 g/mol. The Morgan fingerprint density at radius 2 is 1.76 bits per heavy atom. The Hall–Kier alpha value is -1.26. The van der Waals surface area contributed by atoms with E-state index < -0.39 is 0 Å². The summed E-state index contributed by atoms with van der Waals surface area (Å²) in [5, 5.41) is 0. The fourth-order valence-corrected chi connectivity index (χ4v) is 3.12. The zero-order valence-corrected chi connectivity index (χ0v) is 13.7. The maximum absolute atomic E-state index is 6.61. The van der Waals surface area contributed by atoms with Crippen molar-refractivity contribution in [3.05, 3.63) is 23.8 Å². The van der Waals surface area contributed by atoms with Crippen LogP contribution < -0.4 is 15.2 Å². The van der Waals surface area contributed by atoms with Gasteiger partial charge in [-0.25, -0.2) is 0 Å². The van der Waals surface area contributed by atoms with Gasteiger partial charge in [-0.15, -0.1) is 0 Å². The summed E-state index contributed by atoms with van der Waals surface area (Å²) >= 11 is 0. The zero-order chi connectivity index (χ0) is 15.5. The summed E-state index contributed by atoms with van der Waals surface area (Å²) in [4.78, 5) is 2.50. The predicted octanol–water partition coefficient (Wildman–Crippen LogP) is 2.97. The van der Waals surface area contributed by atoms with Crippen LogP contribution in [0.15, 0.2) is 18.2 Å². The summed E-state index contributed by atoms with van der Waals surface area (Å²) < 4.78 is 10.8. The molecule has 2 N–H and O–H groups in total. The molecule has 1 saturated heterocycles. The van der Waals surface area contributed by atoms with Gasteiger partial charge in [0.25, 0.3) is 0 Å². The van der Waals surface area contributed by atoms with Crippen LogP contribution in [0.1, 0.15) is 44.7 Å². The van der Waals surface area contributed by atoms with Crippen LogP contribution in [0, 0.1) is 0 Å². The molecule has 1 fully saturated rings. The van der Waals surface area contributed by atoms with Crippen LogP contribution in [0.5, 0.6) is 11.5 Å². The Balaban J connectivity index is 2.27. The minimum atomic E-state index is -0.101. The van der Waals surface area contributed by atoms with Gasteiger partial charge < -0.3 is 15.2 Å². The first kappa shape index (κ1) is 16.1. The van der Waals surface area contributed by atoms with Gasteiger partial charge in [0.1, 0.15) is 11.5 Å². The molecule has 0 aromatic heterocycles. The predicted molar refractivity (Wildman–Crippen MR) is 86.0 cm³/mol. The molecule has 0 aliphatic carbocycles. The molecule has 4 nitrogen and oxygen atoms in total. The van der Waals surface area contributed by atoms with Gasteiger partial charge in [0.2, 0.25) is 0 Å². The first-order valence-electron chi connectivity index (χ1n) is 7.73. The van der Waals surface area contributed by atoms with Crippen molar-refractivity contribution in [2.24, 2.45) is 5.73 Å². The van der Waals surface area contributed by atoms with Crippen molar-refractivity contribution >= 4 is 0 Å². The fourth-order valence-electron chi connectivity index (χ4n) is 3.12. The molecule has 4 heteroatoms. The highest BCUT2D eigenvalue weighted by Gasteiger charge is 2.36. The smallest absolute Gasteiger partial charge is 0.127 e. The summed E-state index contributed by atoms with van der Waals surface area (Å²) in [7, 11) is 3.34. The van der Waals surface area contributed by atoms with E-state index in [9.17, 15) is 0 Å². The quantitative estimate of drug-likeness (QED) is 0.906. The maximum Gasteiger partial charge on any atom is 0.127 e. The Morgan fingerprint density at radius 3 is 2.33 bits per heavy atom. The molecular weight excluding hydrogens is 264 g/mol. The van der Waals surface area contributed by atoms with E-state index >= 15 is 0 Å². The fraction of sp³-hybridized carbons (Fsp3) is 0.647. The molecule has 1 atom stereocenters. The van der Waals surface area contributed by atoms with Gasteiger partial charge in [-0.2, -0.15) is 0 Å². The van der Waals surface area contributed by atoms with Crippen LogP contribution in [0.25, 0.3) is 0 Å². The molecule has 0 radical (unpaired) electrons. The Bertz CT molecular complexity index is 468. The molecule has 0 saturated carbocycles. The van der Waals surface area contributed by atoms with Crippen LogP contribution in [-0.4, -0.2) is 37.7 Å². The lowest BCUT2D eigenvalue weighted by molar-refractivity contribution is 0.0722. The lowest BCUT2D eigenvalue weighted by Gasteiger charge is -2.45. The number of nitrogens with two attached hydrogens (primary N) is 1. The van der Waals surface area contributed by atoms with Gasteiger partial charge in [-0.1, -0.05) is 12.5 Å². The van der Waals surface area contributed by atoms with Gasteiger partial charge in [0.15, 0.2) is 0 Å². The molecule has 118 valence electrons. The molecule has 2 rings (SSSR count). The van der Waals surface area contributed by atoms with Gasteiger partial charge in [0, 0.05) is 17.2 Å². The molecule has 0 amide bonds. The lowest BCUT2D eigenvalue weighted by Crippen LogP contribution is -2.53. The number of nitrogens with zero attached hydrogens (tertiary/aromatic N) is 1. The third-order valence-corrected chi connectivity index (χ3v) is 4.71. The molecule has 0 spiro atoms. The number of ether oxygens (including phenoxy) is 2. The van der Waals surface area contributed by atoms with Crippen molar-refractivity contribution in [1.29, 1.82) is 0 Å². The lowest BCUT2D eigenvalue weighted by atomic mass is 9.85. The summed E-state index contributed by atoms with van der Waals surface area (Å²) in [6.07, 6.45) is 3.85. The van der Waals surface area contributed by atoms with E-state index in [1.807, 2.05) is 18.2 Å². The van der Waals surface area contributed by atoms with Crippen molar-refractivity contribution < 1.29 is 9.47 Å². The summed E-state index contributed by atoms with van der Waals surface area (Å²) in [5.41, 5.74) is 7.55. The SMILES string of the molecule is COc1ccc(C(N)C(C)(C)N2CCCCC2)c(OC)c1. The second-order valence-corrected chi connectivity index (χ2v) is 6.29. The zero-order valence-electron chi connectivity index (χ0n) is 13.7. The van der Waals surface area contributed by atoms with Crippen molar-refractivity contribution in [1.82, 2.24) is 4.90 Å². The summed E-state index contributed by atoms with van der Waals surface area (Å²) in [6, 6.07) is 5.77. The van der Waals surface area contributed by atoms with Gasteiger partial charge in [0.05, 0.1) is 20.3 Å². The largest absolute Gasteiger partial charge is 0.497 e. The van der Waals surface area contributed by atoms with Gasteiger partial charge in [-0.3, -0.25) is 4.90 Å². The highest BCUT2D eigenvalue weighted by Crippen LogP contribution is 2.37. The molecule has 1 aromatic carbocycles. The topological polar surface area (TPSA) is 47.7 Å². The normalized spacial score (nSPS) is 18.3. The minimum Gasteiger partial charge on any atom is -0.497 e. The first-order valence-corrected chi connectivity index (χ1v) is 7.73. The molecule has 21 heavy (non-hydrogen) atoms. The van der Waals surface area contributed by atoms with E-state index in [2.05, 4.69) is 18.7 Å². The first-order chi connectivity index (χ1) is 10.0. The third kappa shape index (κ3) is 3.33. The van der Waals surface area contributed by atoms with Crippen LogP contribution in [-0.2, 0) is 0 Å². The van der Waals surface area contributed by atoms with E-state index in [1.54, 1.807) is 14.2 Å². The van der Waals surface area contributed by atoms with Crippen molar-refractivity contribution in [2.45, 2.75) is 44.7 Å². The van der Waals surface area contributed by atoms with Crippen molar-refractivity contribution in [3.63, 3.8) is 0 Å². The second-order valence-electron chi connectivity index (χ2n) is 6.29. The van der Waals surface area contributed by atoms with E-state index in [-0.39, 0.29) is 11.6 Å². The molecule has 1 aliphatic heterocycles. The number of piperidine rings is 1. The summed E-state index contributed by atoms with van der Waals surface area (Å²) in [6.45, 7) is 6.71. The van der Waals surface area contributed by atoms with Crippen LogP contribution in [0.3, 0.4) is 0 Å². The van der Waals surface area contributed by atoms with Crippen molar-refractivity contribution in [2.75, 3.05) is 27.3 Å². The molecule has 1 aromatic rings. The maximum atomic E-state index is 6.61. The van der Waals surface area contributed by atoms with E-state index in [4.69, 9.17) is 15.2 Å². The van der Waals surface area contributed by atoms with E-state index in [1.165, 1.54) is 19.3 Å². The molecule has 1 heterocycles. The number of rotatable bonds is 5. The number of hydrogen-bond acceptors (Lipinski definition) is 4. The van der Waals surface area contributed by atoms with E-state index in [0.29, 0.717) is 0 Å². The average molecular weight is 292 g/mol. The van der Waals surface area contributed by atoms with Crippen LogP contribution >= 0.6 is 0 Å². The third-order valence-electron chi connectivity index (χ3n) is 4.71. The van der Waals surface area contributed by atoms with Gasteiger partial charge >= 0.3 is 0 Å². The highest BCUT2D eigenvalue weighted by atomic mass is 16.5. The standard InChI is InChI=1S/C17H28N2O2/c1-17(2,19-10-6-5-7-11-19)16(18)14-9-8-13(20-3)12-15(14)21-4/h8-9,12,16H,5-7,10-11,18H2,1-4H3. The van der Waals surface area contributed by atoms with Crippen molar-refractivity contribution in [3.8, 4) is 11.5 Å². The van der Waals surface area contributed by atoms with E-state index in [0.717, 1.165) is 30.2 Å². The Labute approximate surface area is 128 Å². The Kier molecular flexibility index (Phi) is 5.12. The second kappa shape index (κ2) is 6.67. The van der Waals surface area contributed by atoms with Crippen LogP contribution in [0.4, 0.5) is 0 Å². The molecular formula is C17H28N2O2. The average Bonchev–Trinajstić information content (AvgIpc) is 2.54. The molecule has 1 aliphatic rings. The number of methoxy groups -OCH3 is 2. The number of likely N-dealkylation sites (tertiary alicyclic amines) is 1. The van der Waals surface area contributed by atoms with Crippen LogP contribution in [0.2, 0.25) is 0 Å². The van der Waals surface area contributed by atoms with Gasteiger partial charge in [-0.05, 0) is 45.8 Å². The minimum absolute atomic E-state index is 0.0950. The highest BCUT2D eigenvalue weighted by molar-refractivity contribution is 5.43. The molecule has 1 unspecified atom stereocenters. The number of hydrogen-bond donors (Lipinski definition) is 1. The Morgan fingerprint density at radius 1 is 1.10 bits per heavy atom.